The maximum absolute atomic E-state index is 12.9. The van der Waals surface area contributed by atoms with Crippen molar-refractivity contribution in [2.75, 3.05) is 31.6 Å². The molecule has 1 amide bonds. The van der Waals surface area contributed by atoms with Gasteiger partial charge >= 0.3 is 0 Å². The van der Waals surface area contributed by atoms with Crippen LogP contribution in [0.1, 0.15) is 22.0 Å². The van der Waals surface area contributed by atoms with Crippen LogP contribution in [0.3, 0.4) is 0 Å². The van der Waals surface area contributed by atoms with E-state index >= 15 is 0 Å². The fourth-order valence-electron chi connectivity index (χ4n) is 3.77. The lowest BCUT2D eigenvalue weighted by atomic mass is 10.2. The second-order valence-corrected chi connectivity index (χ2v) is 8.59. The zero-order valence-corrected chi connectivity index (χ0v) is 19.1. The summed E-state index contributed by atoms with van der Waals surface area (Å²) in [6, 6.07) is 13.3. The number of morpholine rings is 1. The molecule has 0 unspecified atom stereocenters. The predicted molar refractivity (Wildman–Crippen MR) is 124 cm³/mol. The topological polar surface area (TPSA) is 101 Å². The second kappa shape index (κ2) is 8.81. The molecule has 1 aliphatic heterocycles. The third kappa shape index (κ3) is 4.29. The van der Waals surface area contributed by atoms with E-state index in [1.54, 1.807) is 4.68 Å². The number of benzene rings is 2. The fourth-order valence-corrected chi connectivity index (χ4v) is 4.16. The summed E-state index contributed by atoms with van der Waals surface area (Å²) in [5, 5.41) is 11.2. The number of hydrogen-bond donors (Lipinski definition) is 2. The van der Waals surface area contributed by atoms with E-state index in [0.717, 1.165) is 59.9 Å². The van der Waals surface area contributed by atoms with Gasteiger partial charge in [-0.3, -0.25) is 9.69 Å². The van der Waals surface area contributed by atoms with E-state index in [1.807, 2.05) is 49.4 Å². The standard InChI is InChI=1S/C22H22BrN7O2/c1-14-21(27-28-30(14)17-4-2-3-15(23)11-17)22(31)24-16-5-6-18-19(12-16)26-20(25-18)13-29-7-9-32-10-8-29/h2-6,11-12H,7-10,13H2,1H3,(H,24,31)(H,25,26). The van der Waals surface area contributed by atoms with Gasteiger partial charge in [-0.1, -0.05) is 27.2 Å². The number of amides is 1. The Morgan fingerprint density at radius 3 is 2.88 bits per heavy atom. The van der Waals surface area contributed by atoms with Crippen molar-refractivity contribution in [3.63, 3.8) is 0 Å². The predicted octanol–water partition coefficient (Wildman–Crippen LogP) is 3.30. The highest BCUT2D eigenvalue weighted by atomic mass is 79.9. The zero-order valence-electron chi connectivity index (χ0n) is 17.5. The minimum Gasteiger partial charge on any atom is -0.379 e. The molecular formula is C22H22BrN7O2. The Kier molecular flexibility index (Phi) is 5.73. The SMILES string of the molecule is Cc1c(C(=O)Nc2ccc3nc(CN4CCOCC4)[nH]c3c2)nnn1-c1cccc(Br)c1. The number of carbonyl (C=O) groups excluding carboxylic acids is 1. The third-order valence-electron chi connectivity index (χ3n) is 5.43. The molecule has 0 atom stereocenters. The first-order chi connectivity index (χ1) is 15.6. The van der Waals surface area contributed by atoms with Crippen LogP contribution in [0.15, 0.2) is 46.9 Å². The molecule has 1 saturated heterocycles. The van der Waals surface area contributed by atoms with E-state index in [0.29, 0.717) is 11.4 Å². The summed E-state index contributed by atoms with van der Waals surface area (Å²) in [4.78, 5) is 23.2. The number of ether oxygens (including phenoxy) is 1. The van der Waals surface area contributed by atoms with Gasteiger partial charge in [0.2, 0.25) is 0 Å². The van der Waals surface area contributed by atoms with Gasteiger partial charge in [-0.05, 0) is 43.3 Å². The smallest absolute Gasteiger partial charge is 0.278 e. The molecule has 1 aliphatic rings. The van der Waals surface area contributed by atoms with Crippen LogP contribution in [0.5, 0.6) is 0 Å². The first kappa shape index (κ1) is 20.8. The Bertz CT molecular complexity index is 1280. The largest absolute Gasteiger partial charge is 0.379 e. The molecular weight excluding hydrogens is 474 g/mol. The minimum atomic E-state index is -0.309. The molecule has 10 heteroatoms. The molecule has 0 aliphatic carbocycles. The van der Waals surface area contributed by atoms with Gasteiger partial charge in [0.25, 0.3) is 5.91 Å². The van der Waals surface area contributed by atoms with E-state index in [1.165, 1.54) is 0 Å². The molecule has 32 heavy (non-hydrogen) atoms. The number of imidazole rings is 1. The Morgan fingerprint density at radius 1 is 1.22 bits per heavy atom. The molecule has 0 bridgehead atoms. The number of carbonyl (C=O) groups is 1. The van der Waals surface area contributed by atoms with Crippen LogP contribution in [0, 0.1) is 6.92 Å². The summed E-state index contributed by atoms with van der Waals surface area (Å²) in [5.41, 5.74) is 4.18. The number of rotatable bonds is 5. The van der Waals surface area contributed by atoms with Crippen LogP contribution < -0.4 is 5.32 Å². The average Bonchev–Trinajstić information content (AvgIpc) is 3.37. The Labute approximate surface area is 192 Å². The Balaban J connectivity index is 1.32. The van der Waals surface area contributed by atoms with Gasteiger partial charge in [0.1, 0.15) is 5.82 Å². The first-order valence-electron chi connectivity index (χ1n) is 10.4. The quantitative estimate of drug-likeness (QED) is 0.440. The maximum Gasteiger partial charge on any atom is 0.278 e. The normalized spacial score (nSPS) is 14.7. The number of hydrogen-bond acceptors (Lipinski definition) is 6. The van der Waals surface area contributed by atoms with Crippen molar-refractivity contribution in [2.45, 2.75) is 13.5 Å². The monoisotopic (exact) mass is 495 g/mol. The van der Waals surface area contributed by atoms with Crippen LogP contribution in [0.2, 0.25) is 0 Å². The Morgan fingerprint density at radius 2 is 2.06 bits per heavy atom. The van der Waals surface area contributed by atoms with E-state index in [9.17, 15) is 4.79 Å². The number of H-pyrrole nitrogens is 1. The van der Waals surface area contributed by atoms with Crippen LogP contribution in [0.4, 0.5) is 5.69 Å². The van der Waals surface area contributed by atoms with E-state index in [2.05, 4.69) is 46.4 Å². The molecule has 3 heterocycles. The number of nitrogens with one attached hydrogen (secondary N) is 2. The molecule has 2 aromatic carbocycles. The number of halogens is 1. The van der Waals surface area contributed by atoms with Crippen molar-refractivity contribution in [2.24, 2.45) is 0 Å². The molecule has 164 valence electrons. The van der Waals surface area contributed by atoms with Crippen LogP contribution in [0.25, 0.3) is 16.7 Å². The van der Waals surface area contributed by atoms with Crippen molar-refractivity contribution in [3.05, 3.63) is 64.1 Å². The van der Waals surface area contributed by atoms with Gasteiger partial charge < -0.3 is 15.0 Å². The summed E-state index contributed by atoms with van der Waals surface area (Å²) in [5.74, 6) is 0.592. The molecule has 5 rings (SSSR count). The molecule has 2 aromatic heterocycles. The number of aromatic amines is 1. The highest BCUT2D eigenvalue weighted by Crippen LogP contribution is 2.21. The van der Waals surface area contributed by atoms with Gasteiger partial charge in [0.05, 0.1) is 42.2 Å². The van der Waals surface area contributed by atoms with Crippen LogP contribution in [-0.4, -0.2) is 62.1 Å². The van der Waals surface area contributed by atoms with Crippen molar-refractivity contribution in [1.29, 1.82) is 0 Å². The lowest BCUT2D eigenvalue weighted by Crippen LogP contribution is -2.35. The van der Waals surface area contributed by atoms with Gasteiger partial charge in [0.15, 0.2) is 5.69 Å². The van der Waals surface area contributed by atoms with E-state index in [-0.39, 0.29) is 11.6 Å². The van der Waals surface area contributed by atoms with Gasteiger partial charge in [-0.2, -0.15) is 0 Å². The molecule has 2 N–H and O–H groups in total. The van der Waals surface area contributed by atoms with Crippen LogP contribution >= 0.6 is 15.9 Å². The van der Waals surface area contributed by atoms with E-state index in [4.69, 9.17) is 4.74 Å². The van der Waals surface area contributed by atoms with Crippen molar-refractivity contribution < 1.29 is 9.53 Å². The number of fused-ring (bicyclic) bond motifs is 1. The molecule has 1 fully saturated rings. The van der Waals surface area contributed by atoms with E-state index < -0.39 is 0 Å². The fraction of sp³-hybridized carbons (Fsp3) is 0.273. The lowest BCUT2D eigenvalue weighted by Gasteiger charge is -2.25. The summed E-state index contributed by atoms with van der Waals surface area (Å²) in [7, 11) is 0. The van der Waals surface area contributed by atoms with Gasteiger partial charge in [-0.15, -0.1) is 5.10 Å². The summed E-state index contributed by atoms with van der Waals surface area (Å²) in [6.45, 7) is 5.88. The molecule has 9 nitrogen and oxygen atoms in total. The van der Waals surface area contributed by atoms with Crippen molar-refractivity contribution in [1.82, 2.24) is 29.9 Å². The van der Waals surface area contributed by atoms with Crippen molar-refractivity contribution in [3.8, 4) is 5.69 Å². The first-order valence-corrected chi connectivity index (χ1v) is 11.1. The maximum atomic E-state index is 12.9. The number of nitrogens with zero attached hydrogens (tertiary/aromatic N) is 5. The third-order valence-corrected chi connectivity index (χ3v) is 5.92. The lowest BCUT2D eigenvalue weighted by molar-refractivity contribution is 0.0332. The van der Waals surface area contributed by atoms with Crippen molar-refractivity contribution >= 4 is 38.6 Å². The average molecular weight is 496 g/mol. The zero-order chi connectivity index (χ0) is 22.1. The number of aromatic nitrogens is 5. The number of anilines is 1. The second-order valence-electron chi connectivity index (χ2n) is 7.67. The van der Waals surface area contributed by atoms with Gasteiger partial charge in [-0.25, -0.2) is 9.67 Å². The van der Waals surface area contributed by atoms with Gasteiger partial charge in [0, 0.05) is 23.2 Å². The molecule has 0 spiro atoms. The minimum absolute atomic E-state index is 0.280. The molecule has 0 saturated carbocycles. The molecule has 0 radical (unpaired) electrons. The van der Waals surface area contributed by atoms with Crippen LogP contribution in [-0.2, 0) is 11.3 Å². The Hall–Kier alpha value is -3.08. The highest BCUT2D eigenvalue weighted by Gasteiger charge is 2.18. The summed E-state index contributed by atoms with van der Waals surface area (Å²) >= 11 is 3.46. The highest BCUT2D eigenvalue weighted by molar-refractivity contribution is 9.10. The molecule has 4 aromatic rings. The summed E-state index contributed by atoms with van der Waals surface area (Å²) < 4.78 is 7.98. The summed E-state index contributed by atoms with van der Waals surface area (Å²) in [6.07, 6.45) is 0.